The molecule has 2 N–H and O–H groups in total. The average molecular weight is 415 g/mol. The van der Waals surface area contributed by atoms with Crippen molar-refractivity contribution in [2.75, 3.05) is 33.1 Å². The zero-order chi connectivity index (χ0) is 20.9. The molecule has 4 atom stereocenters. The number of hydrogen-bond acceptors (Lipinski definition) is 7. The predicted octanol–water partition coefficient (Wildman–Crippen LogP) is 1.33. The Kier molecular flexibility index (Phi) is 4.89. The first-order valence-corrected chi connectivity index (χ1v) is 10.8. The van der Waals surface area contributed by atoms with E-state index in [9.17, 15) is 9.90 Å². The van der Waals surface area contributed by atoms with Crippen molar-refractivity contribution in [2.24, 2.45) is 0 Å². The van der Waals surface area contributed by atoms with Crippen molar-refractivity contribution in [2.45, 2.75) is 55.3 Å². The standard InChI is InChI=1S/C23H29NO6/c1-2-9-24-10-8-22-19-15-4-5-17(29-14-28-12-3-11-25)20(19)30-21(22)16(26)6-7-23(22,27)18(24)13-15/h2,4-5,18,21,25,27H,1,3,6-14H2/t18-,21+,22+,23-/m1/s1. The van der Waals surface area contributed by atoms with Gasteiger partial charge in [-0.3, -0.25) is 9.69 Å². The van der Waals surface area contributed by atoms with Crippen LogP contribution in [-0.4, -0.2) is 71.7 Å². The maximum atomic E-state index is 13.0. The Hall–Kier alpha value is -1.93. The van der Waals surface area contributed by atoms with Gasteiger partial charge in [0.15, 0.2) is 30.2 Å². The molecule has 2 aliphatic carbocycles. The number of ketones is 1. The molecule has 1 aromatic rings. The van der Waals surface area contributed by atoms with Crippen LogP contribution >= 0.6 is 0 Å². The van der Waals surface area contributed by atoms with E-state index in [-0.39, 0.29) is 25.2 Å². The summed E-state index contributed by atoms with van der Waals surface area (Å²) in [5.74, 6) is 1.20. The number of carbonyl (C=O) groups is 1. The van der Waals surface area contributed by atoms with E-state index < -0.39 is 17.1 Å². The van der Waals surface area contributed by atoms with Gasteiger partial charge in [0.2, 0.25) is 0 Å². The summed E-state index contributed by atoms with van der Waals surface area (Å²) in [5.41, 5.74) is 0.357. The number of nitrogens with zero attached hydrogens (tertiary/aromatic N) is 1. The van der Waals surface area contributed by atoms with E-state index in [0.29, 0.717) is 50.2 Å². The first-order chi connectivity index (χ1) is 14.6. The number of benzene rings is 1. The Morgan fingerprint density at radius 3 is 3.03 bits per heavy atom. The summed E-state index contributed by atoms with van der Waals surface area (Å²) in [6, 6.07) is 3.86. The van der Waals surface area contributed by atoms with Gasteiger partial charge in [-0.15, -0.1) is 6.58 Å². The van der Waals surface area contributed by atoms with Crippen molar-refractivity contribution in [3.63, 3.8) is 0 Å². The molecule has 0 unspecified atom stereocenters. The molecule has 1 aromatic carbocycles. The van der Waals surface area contributed by atoms with Gasteiger partial charge >= 0.3 is 0 Å². The largest absolute Gasteiger partial charge is 0.477 e. The second kappa shape index (κ2) is 7.34. The Balaban J connectivity index is 1.55. The zero-order valence-corrected chi connectivity index (χ0v) is 17.1. The Morgan fingerprint density at radius 1 is 1.37 bits per heavy atom. The number of piperidine rings is 1. The third-order valence-electron chi connectivity index (χ3n) is 7.46. The number of aliphatic hydroxyl groups excluding tert-OH is 1. The second-order valence-electron chi connectivity index (χ2n) is 8.79. The van der Waals surface area contributed by atoms with Crippen molar-refractivity contribution >= 4 is 5.78 Å². The van der Waals surface area contributed by atoms with E-state index in [0.717, 1.165) is 24.2 Å². The molecule has 30 heavy (non-hydrogen) atoms. The van der Waals surface area contributed by atoms with Gasteiger partial charge in [0.25, 0.3) is 0 Å². The fourth-order valence-electron chi connectivity index (χ4n) is 6.23. The summed E-state index contributed by atoms with van der Waals surface area (Å²) in [5, 5.41) is 21.0. The first kappa shape index (κ1) is 20.0. The molecular formula is C23H29NO6. The van der Waals surface area contributed by atoms with Crippen LogP contribution < -0.4 is 9.47 Å². The van der Waals surface area contributed by atoms with Crippen molar-refractivity contribution in [3.8, 4) is 11.5 Å². The van der Waals surface area contributed by atoms with Gasteiger partial charge in [0, 0.05) is 37.7 Å². The first-order valence-electron chi connectivity index (χ1n) is 10.8. The molecule has 5 rings (SSSR count). The molecule has 0 radical (unpaired) electrons. The van der Waals surface area contributed by atoms with Crippen LogP contribution in [0.3, 0.4) is 0 Å². The van der Waals surface area contributed by atoms with Crippen molar-refractivity contribution < 1.29 is 29.2 Å². The highest BCUT2D eigenvalue weighted by molar-refractivity contribution is 5.90. The molecule has 2 heterocycles. The van der Waals surface area contributed by atoms with Gasteiger partial charge in [-0.25, -0.2) is 0 Å². The van der Waals surface area contributed by atoms with E-state index in [1.54, 1.807) is 0 Å². The molecular weight excluding hydrogens is 386 g/mol. The molecule has 1 saturated carbocycles. The third-order valence-corrected chi connectivity index (χ3v) is 7.46. The molecule has 7 nitrogen and oxygen atoms in total. The minimum atomic E-state index is -1.01. The van der Waals surface area contributed by atoms with Gasteiger partial charge in [0.1, 0.15) is 0 Å². The Labute approximate surface area is 176 Å². The Morgan fingerprint density at radius 2 is 2.23 bits per heavy atom. The molecule has 0 aromatic heterocycles. The SMILES string of the molecule is C=CCN1CC[C@]23c4c5ccc(OCOCCCO)c4O[C@H]2C(=O)CC[C@@]3(O)[C@H]1C5. The summed E-state index contributed by atoms with van der Waals surface area (Å²) in [4.78, 5) is 15.3. The molecule has 0 amide bonds. The maximum Gasteiger partial charge on any atom is 0.189 e. The lowest BCUT2D eigenvalue weighted by atomic mass is 9.49. The normalized spacial score (nSPS) is 33.7. The smallest absolute Gasteiger partial charge is 0.189 e. The number of ether oxygens (including phenoxy) is 3. The van der Waals surface area contributed by atoms with Gasteiger partial charge in [0.05, 0.1) is 17.6 Å². The molecule has 162 valence electrons. The summed E-state index contributed by atoms with van der Waals surface area (Å²) >= 11 is 0. The lowest BCUT2D eigenvalue weighted by Crippen LogP contribution is -2.76. The van der Waals surface area contributed by atoms with Crippen LogP contribution in [0.4, 0.5) is 0 Å². The molecule has 4 aliphatic rings. The molecule has 1 saturated heterocycles. The van der Waals surface area contributed by atoms with E-state index in [1.807, 2.05) is 18.2 Å². The van der Waals surface area contributed by atoms with Gasteiger partial charge in [-0.1, -0.05) is 12.1 Å². The number of rotatable bonds is 8. The number of carbonyl (C=O) groups excluding carboxylic acids is 1. The van der Waals surface area contributed by atoms with Crippen LogP contribution in [0, 0.1) is 0 Å². The highest BCUT2D eigenvalue weighted by atomic mass is 16.7. The third kappa shape index (κ3) is 2.56. The highest BCUT2D eigenvalue weighted by Crippen LogP contribution is 2.64. The number of aliphatic hydroxyl groups is 2. The maximum absolute atomic E-state index is 13.0. The lowest BCUT2D eigenvalue weighted by Gasteiger charge is -2.62. The van der Waals surface area contributed by atoms with Crippen molar-refractivity contribution in [3.05, 3.63) is 35.9 Å². The van der Waals surface area contributed by atoms with E-state index in [2.05, 4.69) is 11.5 Å². The van der Waals surface area contributed by atoms with Gasteiger partial charge < -0.3 is 24.4 Å². The van der Waals surface area contributed by atoms with Crippen molar-refractivity contribution in [1.82, 2.24) is 4.90 Å². The van der Waals surface area contributed by atoms with E-state index >= 15 is 0 Å². The monoisotopic (exact) mass is 415 g/mol. The summed E-state index contributed by atoms with van der Waals surface area (Å²) in [7, 11) is 0. The fourth-order valence-corrected chi connectivity index (χ4v) is 6.23. The van der Waals surface area contributed by atoms with Gasteiger partial charge in [-0.2, -0.15) is 0 Å². The van der Waals surface area contributed by atoms with E-state index in [4.69, 9.17) is 19.3 Å². The number of hydrogen-bond donors (Lipinski definition) is 2. The minimum Gasteiger partial charge on any atom is -0.477 e. The summed E-state index contributed by atoms with van der Waals surface area (Å²) < 4.78 is 17.5. The zero-order valence-electron chi connectivity index (χ0n) is 17.1. The number of likely N-dealkylation sites (tertiary alicyclic amines) is 1. The molecule has 2 fully saturated rings. The lowest BCUT2D eigenvalue weighted by molar-refractivity contribution is -0.187. The van der Waals surface area contributed by atoms with Crippen LogP contribution in [0.5, 0.6) is 11.5 Å². The summed E-state index contributed by atoms with van der Waals surface area (Å²) in [6.45, 7) is 5.91. The predicted molar refractivity (Wildman–Crippen MR) is 109 cm³/mol. The quantitative estimate of drug-likeness (QED) is 0.376. The minimum absolute atomic E-state index is 0.0424. The molecule has 7 heteroatoms. The summed E-state index contributed by atoms with van der Waals surface area (Å²) in [6.07, 6.45) is 3.92. The van der Waals surface area contributed by atoms with Crippen molar-refractivity contribution in [1.29, 1.82) is 0 Å². The van der Waals surface area contributed by atoms with Crippen LogP contribution in [-0.2, 0) is 21.4 Å². The topological polar surface area (TPSA) is 88.5 Å². The second-order valence-corrected chi connectivity index (χ2v) is 8.79. The van der Waals surface area contributed by atoms with E-state index in [1.165, 1.54) is 0 Å². The van der Waals surface area contributed by atoms with Crippen LogP contribution in [0.1, 0.15) is 36.8 Å². The fraction of sp³-hybridized carbons (Fsp3) is 0.609. The van der Waals surface area contributed by atoms with Crippen LogP contribution in [0.15, 0.2) is 24.8 Å². The average Bonchev–Trinajstić information content (AvgIpc) is 3.09. The molecule has 1 spiro atoms. The molecule has 2 aliphatic heterocycles. The van der Waals surface area contributed by atoms with Crippen LogP contribution in [0.2, 0.25) is 0 Å². The Bertz CT molecular complexity index is 871. The molecule has 2 bridgehead atoms. The van der Waals surface area contributed by atoms with Gasteiger partial charge in [-0.05, 0) is 37.3 Å². The number of Topliss-reactive ketones (excluding diaryl/α,β-unsaturated/α-hetero) is 1. The van der Waals surface area contributed by atoms with Crippen LogP contribution in [0.25, 0.3) is 0 Å². The highest BCUT2D eigenvalue weighted by Gasteiger charge is 2.73.